The van der Waals surface area contributed by atoms with Crippen LogP contribution in [0.5, 0.6) is 0 Å². The lowest BCUT2D eigenvalue weighted by atomic mass is 10.0. The van der Waals surface area contributed by atoms with Gasteiger partial charge in [-0.25, -0.2) is 19.2 Å². The molecule has 470 valence electrons. The SMILES string of the molecule is O=C(O)CC[C@H](NC(=O)N[C@@H](CCCCNC(=O)[C@H](Cc1ccccc1)NC(=O)[C@H](CCC(=O)O)NC(=O)CCCCCNC(=S)Nc1ccc(C[C@@H](CNC(=O)O)N(CCN(CCNCC(=O)O)CC(=O)O)CC(=O)O)cc1)C(=O)O)C(=O)O. The molecular formula is C53H77N11O20S. The van der Waals surface area contributed by atoms with Gasteiger partial charge in [-0.3, -0.25) is 48.2 Å². The number of amides is 6. The second-order valence-electron chi connectivity index (χ2n) is 19.5. The molecule has 0 spiro atoms. The highest BCUT2D eigenvalue weighted by molar-refractivity contribution is 7.80. The van der Waals surface area contributed by atoms with E-state index in [4.69, 9.17) is 22.4 Å². The number of carbonyl (C=O) groups excluding carboxylic acids is 4. The number of thiocarbonyl (C=S) groups is 1. The number of nitrogens with zero attached hydrogens (tertiary/aromatic N) is 2. The van der Waals surface area contributed by atoms with Gasteiger partial charge in [0.25, 0.3) is 0 Å². The van der Waals surface area contributed by atoms with Crippen molar-refractivity contribution >= 4 is 94.6 Å². The van der Waals surface area contributed by atoms with Crippen LogP contribution in [0, 0.1) is 0 Å². The van der Waals surface area contributed by atoms with Crippen molar-refractivity contribution in [3.05, 3.63) is 65.7 Å². The van der Waals surface area contributed by atoms with Crippen molar-refractivity contribution < 1.29 is 98.4 Å². The van der Waals surface area contributed by atoms with E-state index in [0.29, 0.717) is 42.6 Å². The molecule has 0 aliphatic carbocycles. The first kappa shape index (κ1) is 72.4. The minimum absolute atomic E-state index is 0.00403. The highest BCUT2D eigenvalue weighted by Gasteiger charge is 2.29. The van der Waals surface area contributed by atoms with E-state index in [-0.39, 0.29) is 95.9 Å². The Morgan fingerprint density at radius 3 is 1.66 bits per heavy atom. The van der Waals surface area contributed by atoms with Gasteiger partial charge in [0.05, 0.1) is 19.6 Å². The van der Waals surface area contributed by atoms with Gasteiger partial charge < -0.3 is 88.7 Å². The zero-order valence-corrected chi connectivity index (χ0v) is 47.4. The maximum Gasteiger partial charge on any atom is 0.404 e. The molecule has 0 aliphatic heterocycles. The lowest BCUT2D eigenvalue weighted by Gasteiger charge is -2.32. The Morgan fingerprint density at radius 2 is 1.07 bits per heavy atom. The van der Waals surface area contributed by atoms with Crippen molar-refractivity contribution in [2.45, 2.75) is 114 Å². The molecule has 0 aromatic heterocycles. The Hall–Kier alpha value is -8.75. The molecule has 2 aromatic rings. The zero-order valence-electron chi connectivity index (χ0n) is 46.6. The number of hydrogen-bond donors (Lipinski definition) is 17. The van der Waals surface area contributed by atoms with Gasteiger partial charge >= 0.3 is 53.9 Å². The molecule has 6 amide bonds. The Kier molecular flexibility index (Phi) is 34.4. The summed E-state index contributed by atoms with van der Waals surface area (Å²) in [5.74, 6) is -10.9. The molecule has 0 heterocycles. The van der Waals surface area contributed by atoms with Gasteiger partial charge in [0.2, 0.25) is 17.7 Å². The number of anilines is 1. The van der Waals surface area contributed by atoms with E-state index in [1.807, 2.05) is 5.32 Å². The number of benzene rings is 2. The van der Waals surface area contributed by atoms with Gasteiger partial charge in [0.15, 0.2) is 5.11 Å². The molecule has 2 rings (SSSR count). The summed E-state index contributed by atoms with van der Waals surface area (Å²) >= 11 is 5.45. The molecule has 0 radical (unpaired) electrons. The number of urea groups is 1. The van der Waals surface area contributed by atoms with Crippen LogP contribution < -0.4 is 47.9 Å². The van der Waals surface area contributed by atoms with Crippen molar-refractivity contribution in [3.63, 3.8) is 0 Å². The molecule has 2 aromatic carbocycles. The summed E-state index contributed by atoms with van der Waals surface area (Å²) in [6.45, 7) is -0.595. The number of unbranched alkanes of at least 4 members (excludes halogenated alkanes) is 3. The smallest absolute Gasteiger partial charge is 0.404 e. The van der Waals surface area contributed by atoms with Crippen molar-refractivity contribution in [3.8, 4) is 0 Å². The van der Waals surface area contributed by atoms with Crippen LogP contribution in [-0.2, 0) is 60.8 Å². The molecule has 5 atom stereocenters. The van der Waals surface area contributed by atoms with Gasteiger partial charge in [-0.15, -0.1) is 0 Å². The predicted octanol–water partition coefficient (Wildman–Crippen LogP) is -0.407. The Morgan fingerprint density at radius 1 is 0.482 bits per heavy atom. The first-order valence-corrected chi connectivity index (χ1v) is 27.5. The molecule has 0 unspecified atom stereocenters. The van der Waals surface area contributed by atoms with Gasteiger partial charge in [-0.05, 0) is 86.8 Å². The maximum absolute atomic E-state index is 13.7. The Labute approximate surface area is 494 Å². The quantitative estimate of drug-likeness (QED) is 0.0296. The molecule has 17 N–H and O–H groups in total. The lowest BCUT2D eigenvalue weighted by Crippen LogP contribution is -2.54. The van der Waals surface area contributed by atoms with Crippen molar-refractivity contribution in [2.24, 2.45) is 0 Å². The number of hydrogen-bond acceptors (Lipinski definition) is 16. The predicted molar refractivity (Wildman–Crippen MR) is 306 cm³/mol. The largest absolute Gasteiger partial charge is 0.481 e. The first-order valence-electron chi connectivity index (χ1n) is 27.1. The Balaban J connectivity index is 1.95. The summed E-state index contributed by atoms with van der Waals surface area (Å²) in [5, 5.41) is 98.0. The van der Waals surface area contributed by atoms with E-state index < -0.39 is 134 Å². The highest BCUT2D eigenvalue weighted by Crippen LogP contribution is 2.15. The summed E-state index contributed by atoms with van der Waals surface area (Å²) in [6.07, 6.45) is -1.31. The van der Waals surface area contributed by atoms with E-state index in [0.717, 1.165) is 0 Å². The minimum atomic E-state index is -1.59. The van der Waals surface area contributed by atoms with Gasteiger partial charge in [0.1, 0.15) is 24.2 Å². The van der Waals surface area contributed by atoms with Crippen LogP contribution in [0.25, 0.3) is 0 Å². The van der Waals surface area contributed by atoms with Crippen molar-refractivity contribution in [1.82, 2.24) is 52.3 Å². The van der Waals surface area contributed by atoms with Crippen LogP contribution in [0.1, 0.15) is 81.8 Å². The molecular weight excluding hydrogens is 1140 g/mol. The molecule has 0 aliphatic rings. The number of rotatable bonds is 45. The van der Waals surface area contributed by atoms with Crippen LogP contribution in [-0.4, -0.2) is 223 Å². The summed E-state index contributed by atoms with van der Waals surface area (Å²) in [4.78, 5) is 147. The third-order valence-corrected chi connectivity index (χ3v) is 12.9. The second kappa shape index (κ2) is 40.5. The van der Waals surface area contributed by atoms with Crippen LogP contribution >= 0.6 is 12.2 Å². The monoisotopic (exact) mass is 1220 g/mol. The summed E-state index contributed by atoms with van der Waals surface area (Å²) in [5.41, 5.74) is 1.95. The average Bonchev–Trinajstić information content (AvgIpc) is 3.53. The van der Waals surface area contributed by atoms with E-state index in [1.165, 1.54) is 9.80 Å². The molecule has 85 heavy (non-hydrogen) atoms. The summed E-state index contributed by atoms with van der Waals surface area (Å²) < 4.78 is 0. The average molecular weight is 1220 g/mol. The topological polar surface area (TPSA) is 481 Å². The Bertz CT molecular complexity index is 2550. The van der Waals surface area contributed by atoms with Gasteiger partial charge in [-0.1, -0.05) is 48.9 Å². The first-order chi connectivity index (χ1) is 40.3. The fraction of sp³-hybridized carbons (Fsp3) is 0.528. The summed E-state index contributed by atoms with van der Waals surface area (Å²) in [6, 6.07) is 8.10. The lowest BCUT2D eigenvalue weighted by molar-refractivity contribution is -0.141. The third kappa shape index (κ3) is 33.8. The fourth-order valence-electron chi connectivity index (χ4n) is 8.31. The molecule has 0 bridgehead atoms. The zero-order chi connectivity index (χ0) is 63.3. The standard InChI is InChI=1S/C53H77N11O20S/c65-41(12-5-2-7-22-56-52(85)58-35-15-13-34(14-16-35)27-36(29-57-53(83)84)64(32-46(74)75)26-25-63(31-45(72)73)24-23-54-30-44(70)71)59-37(17-19-42(66)67)48(77)60-40(28-33-9-3-1-4-10-33)47(76)55-21-8-6-11-38(49(78)79)61-51(82)62-39(50(80)81)18-20-43(68)69/h1,3-4,9-10,13-16,36-40,54,57H,2,5-8,11-12,17-32H2,(H,55,76)(H,59,65)(H,60,77)(H,66,67)(H,68,69)(H,70,71)(H,72,73)(H,74,75)(H,78,79)(H,80,81)(H,83,84)(H2,56,58,85)(H2,61,62,82)/t36-,37-,38-,39-,40-/m0/s1. The van der Waals surface area contributed by atoms with Crippen molar-refractivity contribution in [1.29, 1.82) is 0 Å². The number of carboxylic acid groups (broad SMARTS) is 8. The molecule has 0 fully saturated rings. The van der Waals surface area contributed by atoms with E-state index >= 15 is 0 Å². The van der Waals surface area contributed by atoms with E-state index in [2.05, 4.69) is 42.5 Å². The van der Waals surface area contributed by atoms with Gasteiger partial charge in [0, 0.05) is 83.2 Å². The number of aliphatic carboxylic acids is 7. The minimum Gasteiger partial charge on any atom is -0.481 e. The van der Waals surface area contributed by atoms with Crippen LogP contribution in [0.3, 0.4) is 0 Å². The normalized spacial score (nSPS) is 12.7. The summed E-state index contributed by atoms with van der Waals surface area (Å²) in [7, 11) is 0. The highest BCUT2D eigenvalue weighted by atomic mass is 32.1. The molecule has 0 saturated heterocycles. The molecule has 32 heteroatoms. The number of nitrogens with one attached hydrogen (secondary N) is 9. The van der Waals surface area contributed by atoms with Crippen LogP contribution in [0.2, 0.25) is 0 Å². The van der Waals surface area contributed by atoms with E-state index in [1.54, 1.807) is 54.6 Å². The van der Waals surface area contributed by atoms with Crippen molar-refractivity contribution in [2.75, 3.05) is 70.8 Å². The molecule has 0 saturated carbocycles. The van der Waals surface area contributed by atoms with Crippen LogP contribution in [0.4, 0.5) is 15.3 Å². The third-order valence-electron chi connectivity index (χ3n) is 12.6. The van der Waals surface area contributed by atoms with Gasteiger partial charge in [-0.2, -0.15) is 0 Å². The molecule has 31 nitrogen and oxygen atoms in total. The number of carbonyl (C=O) groups is 12. The fourth-order valence-corrected chi connectivity index (χ4v) is 8.53. The van der Waals surface area contributed by atoms with E-state index in [9.17, 15) is 88.2 Å². The maximum atomic E-state index is 13.7. The second-order valence-corrected chi connectivity index (χ2v) is 19.9. The van der Waals surface area contributed by atoms with Crippen LogP contribution in [0.15, 0.2) is 54.6 Å². The number of carboxylic acids is 7.